The molecule has 0 radical (unpaired) electrons. The molecular weight excluding hydrogens is 446 g/mol. The highest BCUT2D eigenvalue weighted by Gasteiger charge is 2.31. The Kier molecular flexibility index (Phi) is 8.29. The van der Waals surface area contributed by atoms with Gasteiger partial charge in [-0.2, -0.15) is 4.31 Å². The van der Waals surface area contributed by atoms with Crippen molar-refractivity contribution in [1.82, 2.24) is 14.1 Å². The van der Waals surface area contributed by atoms with Crippen LogP contribution in [-0.2, 0) is 26.1 Å². The number of carbonyl (C=O) groups is 2. The van der Waals surface area contributed by atoms with Gasteiger partial charge in [0.25, 0.3) is 0 Å². The summed E-state index contributed by atoms with van der Waals surface area (Å²) in [5.74, 6) is 0.227. The maximum atomic E-state index is 13.4. The van der Waals surface area contributed by atoms with E-state index in [0.29, 0.717) is 31.9 Å². The van der Waals surface area contributed by atoms with Crippen LogP contribution in [0.5, 0.6) is 5.75 Å². The predicted octanol–water partition coefficient (Wildman–Crippen LogP) is 2.19. The second-order valence-electron chi connectivity index (χ2n) is 7.50. The number of amides is 2. The van der Waals surface area contributed by atoms with E-state index in [1.807, 2.05) is 30.3 Å². The molecule has 2 aromatic rings. The van der Waals surface area contributed by atoms with Crippen LogP contribution in [0.3, 0.4) is 0 Å². The number of ether oxygens (including phenoxy) is 2. The second kappa shape index (κ2) is 11.2. The van der Waals surface area contributed by atoms with Gasteiger partial charge in [-0.25, -0.2) is 13.2 Å². The average molecular weight is 476 g/mol. The van der Waals surface area contributed by atoms with Crippen molar-refractivity contribution in [2.45, 2.75) is 18.4 Å². The number of sulfonamides is 1. The number of hydrogen-bond acceptors (Lipinski definition) is 6. The van der Waals surface area contributed by atoms with Crippen molar-refractivity contribution in [3.05, 3.63) is 60.2 Å². The third kappa shape index (κ3) is 6.23. The number of nitrogens with zero attached hydrogens (tertiary/aromatic N) is 3. The van der Waals surface area contributed by atoms with E-state index in [-0.39, 0.29) is 30.5 Å². The van der Waals surface area contributed by atoms with Crippen molar-refractivity contribution in [1.29, 1.82) is 0 Å². The fourth-order valence-corrected chi connectivity index (χ4v) is 4.89. The topological polar surface area (TPSA) is 96.5 Å². The quantitative estimate of drug-likeness (QED) is 0.581. The van der Waals surface area contributed by atoms with Crippen LogP contribution in [-0.4, -0.2) is 81.0 Å². The molecule has 0 unspecified atom stereocenters. The summed E-state index contributed by atoms with van der Waals surface area (Å²) >= 11 is 0. The molecule has 1 aliphatic rings. The van der Waals surface area contributed by atoms with E-state index in [2.05, 4.69) is 0 Å². The number of hydrogen-bond donors (Lipinski definition) is 0. The molecule has 0 spiro atoms. The van der Waals surface area contributed by atoms with Crippen LogP contribution in [0.4, 0.5) is 4.79 Å². The zero-order valence-electron chi connectivity index (χ0n) is 18.8. The van der Waals surface area contributed by atoms with Gasteiger partial charge in [-0.3, -0.25) is 4.79 Å². The van der Waals surface area contributed by atoms with Gasteiger partial charge < -0.3 is 19.3 Å². The van der Waals surface area contributed by atoms with Crippen LogP contribution < -0.4 is 4.74 Å². The Morgan fingerprint density at radius 2 is 1.55 bits per heavy atom. The van der Waals surface area contributed by atoms with Crippen LogP contribution in [0.1, 0.15) is 12.5 Å². The molecule has 1 aliphatic heterocycles. The minimum absolute atomic E-state index is 0.0593. The summed E-state index contributed by atoms with van der Waals surface area (Å²) in [7, 11) is -2.44. The normalized spacial score (nSPS) is 14.3. The molecule has 33 heavy (non-hydrogen) atoms. The first-order valence-corrected chi connectivity index (χ1v) is 12.2. The summed E-state index contributed by atoms with van der Waals surface area (Å²) in [6, 6.07) is 15.2. The monoisotopic (exact) mass is 475 g/mol. The first-order chi connectivity index (χ1) is 15.8. The lowest BCUT2D eigenvalue weighted by atomic mass is 10.2. The van der Waals surface area contributed by atoms with E-state index >= 15 is 0 Å². The largest absolute Gasteiger partial charge is 0.497 e. The van der Waals surface area contributed by atoms with Crippen molar-refractivity contribution >= 4 is 22.0 Å². The third-order valence-electron chi connectivity index (χ3n) is 5.37. The molecule has 0 bridgehead atoms. The lowest BCUT2D eigenvalue weighted by Crippen LogP contribution is -2.53. The van der Waals surface area contributed by atoms with Gasteiger partial charge >= 0.3 is 6.09 Å². The number of rotatable bonds is 8. The number of methoxy groups -OCH3 is 1. The van der Waals surface area contributed by atoms with Crippen molar-refractivity contribution < 1.29 is 27.5 Å². The van der Waals surface area contributed by atoms with Gasteiger partial charge in [0.1, 0.15) is 5.75 Å². The summed E-state index contributed by atoms with van der Waals surface area (Å²) in [4.78, 5) is 28.1. The van der Waals surface area contributed by atoms with E-state index in [1.54, 1.807) is 28.9 Å². The van der Waals surface area contributed by atoms with Crippen molar-refractivity contribution in [3.63, 3.8) is 0 Å². The van der Waals surface area contributed by atoms with Gasteiger partial charge in [-0.15, -0.1) is 0 Å². The van der Waals surface area contributed by atoms with Crippen molar-refractivity contribution in [3.8, 4) is 5.75 Å². The van der Waals surface area contributed by atoms with Crippen LogP contribution in [0.25, 0.3) is 0 Å². The summed E-state index contributed by atoms with van der Waals surface area (Å²) in [5.41, 5.74) is 0.773. The van der Waals surface area contributed by atoms with Gasteiger partial charge in [0.05, 0.1) is 25.2 Å². The molecule has 2 aromatic carbocycles. The first-order valence-electron chi connectivity index (χ1n) is 10.7. The molecule has 1 fully saturated rings. The molecule has 2 amide bonds. The number of piperazine rings is 1. The van der Waals surface area contributed by atoms with Crippen LogP contribution in [0.15, 0.2) is 59.5 Å². The Balaban J connectivity index is 1.75. The highest BCUT2D eigenvalue weighted by atomic mass is 32.2. The third-order valence-corrected chi connectivity index (χ3v) is 7.17. The van der Waals surface area contributed by atoms with Gasteiger partial charge in [0, 0.05) is 32.7 Å². The molecule has 1 heterocycles. The highest BCUT2D eigenvalue weighted by molar-refractivity contribution is 7.89. The molecule has 0 saturated carbocycles. The first kappa shape index (κ1) is 24.5. The Morgan fingerprint density at radius 3 is 2.12 bits per heavy atom. The summed E-state index contributed by atoms with van der Waals surface area (Å²) in [6.07, 6.45) is -0.405. The molecule has 3 rings (SSSR count). The van der Waals surface area contributed by atoms with E-state index in [1.165, 1.54) is 23.5 Å². The van der Waals surface area contributed by atoms with Gasteiger partial charge in [-0.1, -0.05) is 30.3 Å². The predicted molar refractivity (Wildman–Crippen MR) is 122 cm³/mol. The summed E-state index contributed by atoms with van der Waals surface area (Å²) in [5, 5.41) is 0. The summed E-state index contributed by atoms with van der Waals surface area (Å²) < 4.78 is 38.1. The fraction of sp³-hybridized carbons (Fsp3) is 0.391. The molecule has 10 heteroatoms. The number of carbonyl (C=O) groups excluding carboxylic acids is 2. The van der Waals surface area contributed by atoms with Crippen LogP contribution in [0, 0.1) is 0 Å². The highest BCUT2D eigenvalue weighted by Crippen LogP contribution is 2.22. The van der Waals surface area contributed by atoms with E-state index in [4.69, 9.17) is 9.47 Å². The molecule has 0 aromatic heterocycles. The van der Waals surface area contributed by atoms with Crippen LogP contribution in [0.2, 0.25) is 0 Å². The number of benzene rings is 2. The SMILES string of the molecule is CCOC(=O)N1CCN(C(=O)CN(Cc2ccccc2)S(=O)(=O)c2ccc(OC)cc2)CC1. The lowest BCUT2D eigenvalue weighted by molar-refractivity contribution is -0.133. The maximum absolute atomic E-state index is 13.4. The summed E-state index contributed by atoms with van der Waals surface area (Å²) in [6.45, 7) is 3.10. The maximum Gasteiger partial charge on any atom is 0.409 e. The molecule has 0 N–H and O–H groups in total. The van der Waals surface area contributed by atoms with Gasteiger partial charge in [0.15, 0.2) is 0 Å². The van der Waals surface area contributed by atoms with Crippen LogP contribution >= 0.6 is 0 Å². The zero-order chi connectivity index (χ0) is 23.8. The Morgan fingerprint density at radius 1 is 0.939 bits per heavy atom. The minimum atomic E-state index is -3.94. The van der Waals surface area contributed by atoms with E-state index in [9.17, 15) is 18.0 Å². The standard InChI is InChI=1S/C23H29N3O6S/c1-3-32-23(28)25-15-13-24(14-16-25)22(27)18-26(17-19-7-5-4-6-8-19)33(29,30)21-11-9-20(31-2)10-12-21/h4-12H,3,13-18H2,1-2H3. The fourth-order valence-electron chi connectivity index (χ4n) is 3.51. The Bertz CT molecular complexity index is 1040. The molecule has 1 saturated heterocycles. The Labute approximate surface area is 194 Å². The Hall–Kier alpha value is -3.11. The molecular formula is C23H29N3O6S. The molecule has 0 aliphatic carbocycles. The van der Waals surface area contributed by atoms with E-state index in [0.717, 1.165) is 5.56 Å². The lowest BCUT2D eigenvalue weighted by Gasteiger charge is -2.35. The van der Waals surface area contributed by atoms with Gasteiger partial charge in [-0.05, 0) is 36.8 Å². The smallest absolute Gasteiger partial charge is 0.409 e. The molecule has 0 atom stereocenters. The second-order valence-corrected chi connectivity index (χ2v) is 9.44. The average Bonchev–Trinajstić information content (AvgIpc) is 2.84. The van der Waals surface area contributed by atoms with Gasteiger partial charge in [0.2, 0.25) is 15.9 Å². The van der Waals surface area contributed by atoms with Crippen molar-refractivity contribution in [2.24, 2.45) is 0 Å². The molecule has 9 nitrogen and oxygen atoms in total. The van der Waals surface area contributed by atoms with Crippen molar-refractivity contribution in [2.75, 3.05) is 46.4 Å². The molecule has 178 valence electrons. The zero-order valence-corrected chi connectivity index (χ0v) is 19.7. The minimum Gasteiger partial charge on any atom is -0.497 e. The van der Waals surface area contributed by atoms with E-state index < -0.39 is 16.1 Å².